The molecule has 1 aromatic heterocycles. The van der Waals surface area contributed by atoms with Crippen molar-refractivity contribution in [3.05, 3.63) is 84.2 Å². The first-order valence-electron chi connectivity index (χ1n) is 15.4. The molecule has 11 nitrogen and oxygen atoms in total. The van der Waals surface area contributed by atoms with Gasteiger partial charge in [0.2, 0.25) is 5.82 Å². The second-order valence-corrected chi connectivity index (χ2v) is 13.0. The third-order valence-electron chi connectivity index (χ3n) is 8.50. The minimum atomic E-state index is -4.25. The first kappa shape index (κ1) is 34.4. The molecule has 1 N–H and O–H groups in total. The number of fused-ring (bicyclic) bond motifs is 1. The van der Waals surface area contributed by atoms with Crippen molar-refractivity contribution in [2.75, 3.05) is 50.6 Å². The van der Waals surface area contributed by atoms with Crippen molar-refractivity contribution >= 4 is 38.3 Å². The smallest absolute Gasteiger partial charge is 0.270 e. The number of piperidine rings is 1. The number of Topliss-reactive ketones (excluding diaryl/α,β-unsaturated/α-hetero) is 1. The molecule has 0 atom stereocenters. The Balaban J connectivity index is 1.17. The summed E-state index contributed by atoms with van der Waals surface area (Å²) in [6.07, 6.45) is 0.968. The molecule has 15 heteroatoms. The molecule has 0 bridgehead atoms. The fraction of sp³-hybridized carbons (Fsp3) is 0.257. The van der Waals surface area contributed by atoms with Gasteiger partial charge in [-0.2, -0.15) is 4.39 Å². The van der Waals surface area contributed by atoms with Crippen LogP contribution >= 0.6 is 0 Å². The van der Waals surface area contributed by atoms with Gasteiger partial charge in [-0.15, -0.1) is 0 Å². The number of hydrogen-bond acceptors (Lipinski definition) is 10. The zero-order valence-corrected chi connectivity index (χ0v) is 28.0. The highest BCUT2D eigenvalue weighted by atomic mass is 32.2. The third kappa shape index (κ3) is 6.72. The lowest BCUT2D eigenvalue weighted by molar-refractivity contribution is -0.125. The number of ketones is 1. The number of carbonyl (C=O) groups excluding carboxylic acids is 1. The van der Waals surface area contributed by atoms with Crippen LogP contribution in [-0.4, -0.2) is 60.4 Å². The van der Waals surface area contributed by atoms with E-state index < -0.39 is 39.8 Å². The molecular formula is C35H32F3N3O8S. The number of ether oxygens (including phenoxy) is 4. The molecule has 0 saturated carbocycles. The van der Waals surface area contributed by atoms with Gasteiger partial charge >= 0.3 is 0 Å². The minimum Gasteiger partial charge on any atom is -0.496 e. The van der Waals surface area contributed by atoms with Crippen LogP contribution in [0.2, 0.25) is 0 Å². The molecule has 262 valence electrons. The summed E-state index contributed by atoms with van der Waals surface area (Å²) in [5, 5.41) is 4.30. The molecule has 4 aromatic carbocycles. The van der Waals surface area contributed by atoms with Crippen molar-refractivity contribution in [1.82, 2.24) is 5.16 Å². The van der Waals surface area contributed by atoms with Gasteiger partial charge < -0.3 is 28.4 Å². The SMILES string of the molecule is COc1cccc(OC)c1S(=O)(=O)Nc1noc2cc(-c3cccc(N4CCC(C(=O)COc5c(F)ccc(F)c5F)CC4)c3)cc(OC)c12. The monoisotopic (exact) mass is 711 g/mol. The van der Waals surface area contributed by atoms with Crippen LogP contribution in [-0.2, 0) is 14.8 Å². The number of nitrogens with one attached hydrogen (secondary N) is 1. The normalized spacial score (nSPS) is 13.7. The molecule has 0 spiro atoms. The van der Waals surface area contributed by atoms with Crippen molar-refractivity contribution in [3.63, 3.8) is 0 Å². The molecule has 0 radical (unpaired) electrons. The number of nitrogens with zero attached hydrogens (tertiary/aromatic N) is 2. The van der Waals surface area contributed by atoms with Crippen LogP contribution in [0.15, 0.2) is 76.1 Å². The van der Waals surface area contributed by atoms with E-state index in [-0.39, 0.29) is 39.5 Å². The molecule has 1 saturated heterocycles. The summed E-state index contributed by atoms with van der Waals surface area (Å²) in [5.41, 5.74) is 2.69. The molecular weight excluding hydrogens is 679 g/mol. The predicted octanol–water partition coefficient (Wildman–Crippen LogP) is 6.60. The van der Waals surface area contributed by atoms with Gasteiger partial charge in [0.05, 0.1) is 21.3 Å². The van der Waals surface area contributed by atoms with Gasteiger partial charge in [-0.25, -0.2) is 17.2 Å². The summed E-state index contributed by atoms with van der Waals surface area (Å²) >= 11 is 0. The van der Waals surface area contributed by atoms with Gasteiger partial charge in [-0.05, 0) is 72.5 Å². The first-order valence-corrected chi connectivity index (χ1v) is 16.9. The molecule has 6 rings (SSSR count). The van der Waals surface area contributed by atoms with Gasteiger partial charge in [-0.3, -0.25) is 9.52 Å². The molecule has 2 heterocycles. The number of aromatic nitrogens is 1. The van der Waals surface area contributed by atoms with Crippen molar-refractivity contribution in [2.45, 2.75) is 17.7 Å². The van der Waals surface area contributed by atoms with E-state index in [9.17, 15) is 26.4 Å². The molecule has 5 aromatic rings. The number of rotatable bonds is 12. The van der Waals surface area contributed by atoms with Crippen LogP contribution in [0.1, 0.15) is 12.8 Å². The molecule has 1 aliphatic rings. The van der Waals surface area contributed by atoms with Crippen molar-refractivity contribution in [1.29, 1.82) is 0 Å². The topological polar surface area (TPSA) is 129 Å². The van der Waals surface area contributed by atoms with Gasteiger partial charge in [0.15, 0.2) is 39.5 Å². The molecule has 0 aliphatic carbocycles. The Labute approximate surface area is 285 Å². The highest BCUT2D eigenvalue weighted by molar-refractivity contribution is 7.93. The van der Waals surface area contributed by atoms with E-state index in [1.54, 1.807) is 18.2 Å². The molecule has 1 fully saturated rings. The Morgan fingerprint density at radius 3 is 2.22 bits per heavy atom. The maximum absolute atomic E-state index is 13.9. The highest BCUT2D eigenvalue weighted by Gasteiger charge is 2.29. The minimum absolute atomic E-state index is 0.0814. The lowest BCUT2D eigenvalue weighted by Gasteiger charge is -2.33. The number of sulfonamides is 1. The van der Waals surface area contributed by atoms with Gasteiger partial charge in [-0.1, -0.05) is 23.4 Å². The number of hydrogen-bond donors (Lipinski definition) is 1. The Kier molecular flexibility index (Phi) is 9.77. The molecule has 1 aliphatic heterocycles. The molecule has 0 unspecified atom stereocenters. The van der Waals surface area contributed by atoms with Crippen LogP contribution < -0.4 is 28.6 Å². The van der Waals surface area contributed by atoms with Crippen molar-refractivity contribution in [3.8, 4) is 34.1 Å². The standard InChI is InChI=1S/C35H32F3N3O8S/c1-45-27-8-5-9-28(46-2)34(27)50(43,44)40-35-31-29(47-3)17-22(18-30(31)49-39-35)21-6-4-7-23(16-21)41-14-12-20(13-15-41)26(42)19-48-33-25(37)11-10-24(36)32(33)38/h4-11,16-18,20H,12-15,19H2,1-3H3,(H,39,40). The number of methoxy groups -OCH3 is 3. The summed E-state index contributed by atoms with van der Waals surface area (Å²) in [5.74, 6) is -5.03. The van der Waals surface area contributed by atoms with Crippen LogP contribution in [0.25, 0.3) is 22.1 Å². The zero-order valence-electron chi connectivity index (χ0n) is 27.2. The average Bonchev–Trinajstić information content (AvgIpc) is 3.54. The predicted molar refractivity (Wildman–Crippen MR) is 178 cm³/mol. The summed E-state index contributed by atoms with van der Waals surface area (Å²) in [6.45, 7) is 0.502. The maximum atomic E-state index is 13.9. The largest absolute Gasteiger partial charge is 0.496 e. The van der Waals surface area contributed by atoms with Crippen LogP contribution in [0.4, 0.5) is 24.7 Å². The Morgan fingerprint density at radius 2 is 1.54 bits per heavy atom. The quantitative estimate of drug-likeness (QED) is 0.141. The Morgan fingerprint density at radius 1 is 0.880 bits per heavy atom. The van der Waals surface area contributed by atoms with Crippen molar-refractivity contribution < 1.29 is 49.9 Å². The van der Waals surface area contributed by atoms with E-state index in [0.29, 0.717) is 48.7 Å². The van der Waals surface area contributed by atoms with Gasteiger partial charge in [0.1, 0.15) is 29.2 Å². The van der Waals surface area contributed by atoms with E-state index in [4.69, 9.17) is 23.5 Å². The second-order valence-electron chi connectivity index (χ2n) is 11.4. The lowest BCUT2D eigenvalue weighted by Crippen LogP contribution is -2.37. The Hall–Kier alpha value is -5.44. The van der Waals surface area contributed by atoms with E-state index in [2.05, 4.69) is 14.8 Å². The van der Waals surface area contributed by atoms with Crippen LogP contribution in [0.5, 0.6) is 23.0 Å². The van der Waals surface area contributed by atoms with E-state index >= 15 is 0 Å². The maximum Gasteiger partial charge on any atom is 0.270 e. The molecule has 50 heavy (non-hydrogen) atoms. The van der Waals surface area contributed by atoms with Crippen LogP contribution in [0.3, 0.4) is 0 Å². The van der Waals surface area contributed by atoms with Crippen LogP contribution in [0, 0.1) is 23.4 Å². The Bertz CT molecular complexity index is 2150. The average molecular weight is 712 g/mol. The van der Waals surface area contributed by atoms with E-state index in [1.165, 1.54) is 33.5 Å². The summed E-state index contributed by atoms with van der Waals surface area (Å²) < 4.78 is 97.6. The number of carbonyl (C=O) groups is 1. The number of anilines is 2. The third-order valence-corrected chi connectivity index (χ3v) is 9.90. The zero-order chi connectivity index (χ0) is 35.6. The highest BCUT2D eigenvalue weighted by Crippen LogP contribution is 2.40. The number of halogens is 3. The van der Waals surface area contributed by atoms with Gasteiger partial charge in [0.25, 0.3) is 10.0 Å². The van der Waals surface area contributed by atoms with Crippen molar-refractivity contribution in [2.24, 2.45) is 5.92 Å². The summed E-state index contributed by atoms with van der Waals surface area (Å²) in [6, 6.07) is 17.2. The summed E-state index contributed by atoms with van der Waals surface area (Å²) in [7, 11) is -0.0983. The molecule has 0 amide bonds. The fourth-order valence-corrected chi connectivity index (χ4v) is 7.27. The first-order chi connectivity index (χ1) is 24.0. The lowest BCUT2D eigenvalue weighted by atomic mass is 9.92. The van der Waals surface area contributed by atoms with E-state index in [0.717, 1.165) is 17.3 Å². The van der Waals surface area contributed by atoms with E-state index in [1.807, 2.05) is 24.3 Å². The number of benzene rings is 4. The fourth-order valence-electron chi connectivity index (χ4n) is 5.94. The second kappa shape index (κ2) is 14.2. The van der Waals surface area contributed by atoms with Gasteiger partial charge in [0, 0.05) is 24.7 Å². The summed E-state index contributed by atoms with van der Waals surface area (Å²) in [4.78, 5) is 14.7.